The molecule has 0 spiro atoms. The van der Waals surface area contributed by atoms with Crippen molar-refractivity contribution in [2.45, 2.75) is 11.1 Å². The lowest BCUT2D eigenvalue weighted by molar-refractivity contribution is -0.138. The Morgan fingerprint density at radius 2 is 1.52 bits per heavy atom. The van der Waals surface area contributed by atoms with Gasteiger partial charge in [0.05, 0.1) is 5.56 Å². The highest BCUT2D eigenvalue weighted by Crippen LogP contribution is 2.37. The van der Waals surface area contributed by atoms with Crippen molar-refractivity contribution >= 4 is 26.0 Å². The van der Waals surface area contributed by atoms with Gasteiger partial charge < -0.3 is 4.18 Å². The molecule has 0 unspecified atom stereocenters. The van der Waals surface area contributed by atoms with Crippen molar-refractivity contribution in [2.24, 2.45) is 0 Å². The van der Waals surface area contributed by atoms with Crippen LogP contribution in [0.2, 0.25) is 0 Å². The number of rotatable bonds is 3. The van der Waals surface area contributed by atoms with Crippen LogP contribution in [0, 0.1) is 0 Å². The Morgan fingerprint density at radius 3 is 2.14 bits per heavy atom. The molecule has 21 heavy (non-hydrogen) atoms. The summed E-state index contributed by atoms with van der Waals surface area (Å²) in [4.78, 5) is -0.248. The average Bonchev–Trinajstić information content (AvgIpc) is 2.38. The molecule has 0 radical (unpaired) electrons. The predicted octanol–water partition coefficient (Wildman–Crippen LogP) is 4.24. The van der Waals surface area contributed by atoms with Crippen LogP contribution in [-0.2, 0) is 16.3 Å². The molecule has 2 aromatic rings. The predicted molar refractivity (Wildman–Crippen MR) is 73.4 cm³/mol. The second-order valence-electron chi connectivity index (χ2n) is 3.96. The highest BCUT2D eigenvalue weighted by molar-refractivity contribution is 9.10. The zero-order chi connectivity index (χ0) is 15.7. The van der Waals surface area contributed by atoms with Gasteiger partial charge in [-0.25, -0.2) is 0 Å². The minimum absolute atomic E-state index is 0.203. The van der Waals surface area contributed by atoms with Gasteiger partial charge in [-0.1, -0.05) is 24.3 Å². The van der Waals surface area contributed by atoms with Crippen LogP contribution < -0.4 is 4.18 Å². The Hall–Kier alpha value is -1.54. The van der Waals surface area contributed by atoms with E-state index in [1.807, 2.05) is 0 Å². The van der Waals surface area contributed by atoms with Crippen LogP contribution in [0.25, 0.3) is 0 Å². The summed E-state index contributed by atoms with van der Waals surface area (Å²) in [5.74, 6) is -0.763. The van der Waals surface area contributed by atoms with Crippen molar-refractivity contribution in [3.05, 3.63) is 58.6 Å². The zero-order valence-corrected chi connectivity index (χ0v) is 12.7. The molecule has 0 amide bonds. The van der Waals surface area contributed by atoms with Gasteiger partial charge in [0.25, 0.3) is 0 Å². The fourth-order valence-corrected chi connectivity index (χ4v) is 3.49. The summed E-state index contributed by atoms with van der Waals surface area (Å²) in [5.41, 5.74) is -1.15. The normalized spacial score (nSPS) is 12.2. The van der Waals surface area contributed by atoms with Crippen molar-refractivity contribution in [3.8, 4) is 5.75 Å². The van der Waals surface area contributed by atoms with E-state index in [9.17, 15) is 21.6 Å². The van der Waals surface area contributed by atoms with Crippen LogP contribution in [0.4, 0.5) is 13.2 Å². The molecule has 0 heterocycles. The molecule has 0 aromatic heterocycles. The molecule has 0 bridgehead atoms. The van der Waals surface area contributed by atoms with Crippen molar-refractivity contribution in [1.29, 1.82) is 0 Å². The van der Waals surface area contributed by atoms with E-state index in [2.05, 4.69) is 20.1 Å². The summed E-state index contributed by atoms with van der Waals surface area (Å²) >= 11 is 3.02. The van der Waals surface area contributed by atoms with Crippen molar-refractivity contribution in [3.63, 3.8) is 0 Å². The molecule has 0 fully saturated rings. The van der Waals surface area contributed by atoms with Gasteiger partial charge >= 0.3 is 16.3 Å². The Morgan fingerprint density at radius 1 is 0.952 bits per heavy atom. The van der Waals surface area contributed by atoms with E-state index in [-0.39, 0.29) is 9.37 Å². The molecule has 2 aromatic carbocycles. The van der Waals surface area contributed by atoms with Gasteiger partial charge in [-0.15, -0.1) is 0 Å². The number of hydrogen-bond donors (Lipinski definition) is 0. The van der Waals surface area contributed by atoms with Crippen molar-refractivity contribution < 1.29 is 25.8 Å². The van der Waals surface area contributed by atoms with E-state index >= 15 is 0 Å². The molecule has 2 rings (SSSR count). The average molecular weight is 381 g/mol. The smallest absolute Gasteiger partial charge is 0.378 e. The van der Waals surface area contributed by atoms with Crippen LogP contribution >= 0.6 is 15.9 Å². The number of para-hydroxylation sites is 1. The standard InChI is InChI=1S/C13H8BrF3O3S/c14-10-6-2-4-8-12(10)21(18,19)20-11-7-3-1-5-9(11)13(15,16)17/h1-8H. The lowest BCUT2D eigenvalue weighted by Crippen LogP contribution is -2.14. The molecule has 0 aliphatic rings. The van der Waals surface area contributed by atoms with E-state index in [0.717, 1.165) is 18.2 Å². The molecule has 112 valence electrons. The Bertz CT molecular complexity index is 757. The van der Waals surface area contributed by atoms with Gasteiger partial charge in [0.15, 0.2) is 5.75 Å². The number of halogens is 4. The first kappa shape index (κ1) is 15.8. The molecular formula is C13H8BrF3O3S. The Kier molecular flexibility index (Phi) is 4.29. The summed E-state index contributed by atoms with van der Waals surface area (Å²) in [6.45, 7) is 0. The maximum Gasteiger partial charge on any atom is 0.420 e. The molecule has 8 heteroatoms. The molecule has 0 N–H and O–H groups in total. The van der Waals surface area contributed by atoms with Crippen molar-refractivity contribution in [2.75, 3.05) is 0 Å². The van der Waals surface area contributed by atoms with Gasteiger partial charge in [-0.3, -0.25) is 0 Å². The monoisotopic (exact) mass is 380 g/mol. The molecule has 0 saturated heterocycles. The summed E-state index contributed by atoms with van der Waals surface area (Å²) < 4.78 is 67.5. The van der Waals surface area contributed by atoms with E-state index in [1.165, 1.54) is 24.3 Å². The quantitative estimate of drug-likeness (QED) is 0.748. The fourth-order valence-electron chi connectivity index (χ4n) is 1.58. The fraction of sp³-hybridized carbons (Fsp3) is 0.0769. The van der Waals surface area contributed by atoms with Crippen LogP contribution in [0.5, 0.6) is 5.75 Å². The lowest BCUT2D eigenvalue weighted by atomic mass is 10.2. The van der Waals surface area contributed by atoms with Gasteiger partial charge in [0.2, 0.25) is 0 Å². The third-order valence-corrected chi connectivity index (χ3v) is 4.75. The first-order chi connectivity index (χ1) is 9.72. The summed E-state index contributed by atoms with van der Waals surface area (Å²) in [6, 6.07) is 9.83. The molecule has 3 nitrogen and oxygen atoms in total. The summed E-state index contributed by atoms with van der Waals surface area (Å²) in [5, 5.41) is 0. The third-order valence-electron chi connectivity index (χ3n) is 2.50. The highest BCUT2D eigenvalue weighted by atomic mass is 79.9. The number of hydrogen-bond acceptors (Lipinski definition) is 3. The molecule has 0 aliphatic heterocycles. The van der Waals surface area contributed by atoms with Crippen LogP contribution in [0.3, 0.4) is 0 Å². The first-order valence-electron chi connectivity index (χ1n) is 5.57. The molecule has 0 aliphatic carbocycles. The topological polar surface area (TPSA) is 43.4 Å². The minimum Gasteiger partial charge on any atom is -0.378 e. The Labute approximate surface area is 127 Å². The van der Waals surface area contributed by atoms with E-state index in [1.54, 1.807) is 6.07 Å². The van der Waals surface area contributed by atoms with Gasteiger partial charge in [-0.2, -0.15) is 21.6 Å². The maximum atomic E-state index is 12.8. The van der Waals surface area contributed by atoms with E-state index in [4.69, 9.17) is 0 Å². The zero-order valence-electron chi connectivity index (χ0n) is 10.3. The van der Waals surface area contributed by atoms with Crippen LogP contribution in [-0.4, -0.2) is 8.42 Å². The minimum atomic E-state index is -4.71. The molecule has 0 atom stereocenters. The highest BCUT2D eigenvalue weighted by Gasteiger charge is 2.35. The van der Waals surface area contributed by atoms with Crippen molar-refractivity contribution in [1.82, 2.24) is 0 Å². The van der Waals surface area contributed by atoms with Crippen LogP contribution in [0.1, 0.15) is 5.56 Å². The number of benzene rings is 2. The van der Waals surface area contributed by atoms with E-state index < -0.39 is 27.6 Å². The van der Waals surface area contributed by atoms with E-state index in [0.29, 0.717) is 0 Å². The summed E-state index contributed by atoms with van der Waals surface area (Å²) in [6.07, 6.45) is -4.71. The molecular weight excluding hydrogens is 373 g/mol. The lowest BCUT2D eigenvalue weighted by Gasteiger charge is -2.13. The largest absolute Gasteiger partial charge is 0.420 e. The third kappa shape index (κ3) is 3.56. The molecule has 0 saturated carbocycles. The summed E-state index contributed by atoms with van der Waals surface area (Å²) in [7, 11) is -4.37. The SMILES string of the molecule is O=S(=O)(Oc1ccccc1C(F)(F)F)c1ccccc1Br. The number of alkyl halides is 3. The second kappa shape index (κ2) is 5.69. The van der Waals surface area contributed by atoms with Crippen LogP contribution in [0.15, 0.2) is 57.9 Å². The maximum absolute atomic E-state index is 12.8. The Balaban J connectivity index is 2.46. The van der Waals surface area contributed by atoms with Gasteiger partial charge in [-0.05, 0) is 40.2 Å². The second-order valence-corrected chi connectivity index (χ2v) is 6.33. The van der Waals surface area contributed by atoms with Gasteiger partial charge in [0, 0.05) is 4.47 Å². The first-order valence-corrected chi connectivity index (χ1v) is 7.77. The van der Waals surface area contributed by atoms with Gasteiger partial charge in [0.1, 0.15) is 4.90 Å².